The quantitative estimate of drug-likeness (QED) is 0.360. The zero-order valence-electron chi connectivity index (χ0n) is 17.7. The molecule has 0 unspecified atom stereocenters. The second-order valence-corrected chi connectivity index (χ2v) is 8.67. The van der Waals surface area contributed by atoms with Gasteiger partial charge in [-0.25, -0.2) is 0 Å². The van der Waals surface area contributed by atoms with Crippen LogP contribution in [0, 0.1) is 0 Å². The monoisotopic (exact) mass is 483 g/mol. The second kappa shape index (κ2) is 9.26. The number of hydrogen-bond donors (Lipinski definition) is 2. The fourth-order valence-electron chi connectivity index (χ4n) is 3.63. The van der Waals surface area contributed by atoms with Crippen molar-refractivity contribution in [1.82, 2.24) is 25.1 Å². The van der Waals surface area contributed by atoms with Crippen LogP contribution < -0.4 is 10.1 Å². The van der Waals surface area contributed by atoms with Crippen LogP contribution in [0.25, 0.3) is 22.3 Å². The van der Waals surface area contributed by atoms with Gasteiger partial charge in [0.1, 0.15) is 5.75 Å². The highest BCUT2D eigenvalue weighted by atomic mass is 32.2. The number of carbonyl (C=O) groups excluding carboxylic acids is 2. The highest BCUT2D eigenvalue weighted by Gasteiger charge is 2.31. The highest BCUT2D eigenvalue weighted by Crippen LogP contribution is 2.42. The number of H-pyrrole nitrogens is 1. The number of imide groups is 1. The molecule has 5 rings (SSSR count). The van der Waals surface area contributed by atoms with E-state index in [2.05, 4.69) is 29.8 Å². The smallest absolute Gasteiger partial charge is 0.387 e. The van der Waals surface area contributed by atoms with E-state index in [0.717, 1.165) is 35.1 Å². The Labute approximate surface area is 196 Å². The number of amides is 2. The molecule has 2 N–H and O–H groups in total. The van der Waals surface area contributed by atoms with Crippen molar-refractivity contribution in [2.45, 2.75) is 30.7 Å². The number of aromatic amines is 1. The van der Waals surface area contributed by atoms with Crippen LogP contribution in [0.4, 0.5) is 8.78 Å². The van der Waals surface area contributed by atoms with Gasteiger partial charge in [-0.2, -0.15) is 8.78 Å². The van der Waals surface area contributed by atoms with E-state index in [4.69, 9.17) is 0 Å². The van der Waals surface area contributed by atoms with Crippen LogP contribution in [0.5, 0.6) is 5.75 Å². The van der Waals surface area contributed by atoms with Gasteiger partial charge in [0, 0.05) is 34.3 Å². The number of thioether (sulfide) groups is 1. The van der Waals surface area contributed by atoms with E-state index in [1.165, 1.54) is 36.0 Å². The van der Waals surface area contributed by atoms with Gasteiger partial charge in [-0.15, -0.1) is 10.2 Å². The minimum atomic E-state index is -2.95. The Morgan fingerprint density at radius 2 is 1.91 bits per heavy atom. The lowest BCUT2D eigenvalue weighted by atomic mass is 10.1. The Balaban J connectivity index is 1.26. The van der Waals surface area contributed by atoms with Crippen molar-refractivity contribution in [3.63, 3.8) is 0 Å². The number of aromatic nitrogens is 4. The third-order valence-corrected chi connectivity index (χ3v) is 6.28. The van der Waals surface area contributed by atoms with Crippen molar-refractivity contribution in [2.75, 3.05) is 5.75 Å². The molecule has 0 aliphatic heterocycles. The van der Waals surface area contributed by atoms with Gasteiger partial charge in [-0.3, -0.25) is 19.5 Å². The van der Waals surface area contributed by atoms with Gasteiger partial charge in [-0.05, 0) is 43.2 Å². The van der Waals surface area contributed by atoms with Gasteiger partial charge >= 0.3 is 6.61 Å². The molecule has 0 radical (unpaired) electrons. The highest BCUT2D eigenvalue weighted by molar-refractivity contribution is 7.99. The molecule has 2 aromatic heterocycles. The van der Waals surface area contributed by atoms with Crippen molar-refractivity contribution in [3.8, 4) is 17.1 Å². The zero-order chi connectivity index (χ0) is 23.7. The summed E-state index contributed by atoms with van der Waals surface area (Å²) in [5.41, 5.74) is 2.10. The van der Waals surface area contributed by atoms with E-state index >= 15 is 0 Å². The minimum Gasteiger partial charge on any atom is -0.435 e. The lowest BCUT2D eigenvalue weighted by Crippen LogP contribution is -2.31. The number of rotatable bonds is 8. The van der Waals surface area contributed by atoms with Crippen LogP contribution in [0.15, 0.2) is 59.9 Å². The Hall–Kier alpha value is -3.73. The van der Waals surface area contributed by atoms with Gasteiger partial charge in [0.2, 0.25) is 5.91 Å². The topological polar surface area (TPSA) is 102 Å². The first-order valence-corrected chi connectivity index (χ1v) is 11.5. The van der Waals surface area contributed by atoms with Crippen LogP contribution in [-0.4, -0.2) is 43.9 Å². The zero-order valence-corrected chi connectivity index (χ0v) is 18.5. The van der Waals surface area contributed by atoms with Crippen LogP contribution >= 0.6 is 11.8 Å². The number of para-hydroxylation sites is 1. The summed E-state index contributed by atoms with van der Waals surface area (Å²) in [6, 6.07) is 13.3. The first kappa shape index (κ1) is 22.1. The molecule has 2 amide bonds. The standard InChI is InChI=1S/C23H19F2N5O3S/c24-22(25)33-15-9-5-13(6-10-15)21(32)27-19(31)12-34-23-29-28-20(30(23)14-7-8-14)17-11-26-18-4-2-1-3-16(17)18/h1-6,9-11,14,22,26H,7-8,12H2,(H,27,31,32). The number of fused-ring (bicyclic) bond motifs is 1. The first-order chi connectivity index (χ1) is 16.5. The first-order valence-electron chi connectivity index (χ1n) is 10.5. The third kappa shape index (κ3) is 4.65. The molecule has 1 fully saturated rings. The van der Waals surface area contributed by atoms with Crippen LogP contribution in [0.3, 0.4) is 0 Å². The molecule has 0 atom stereocenters. The average Bonchev–Trinajstić information content (AvgIpc) is 3.43. The van der Waals surface area contributed by atoms with Crippen LogP contribution in [0.2, 0.25) is 0 Å². The van der Waals surface area contributed by atoms with Crippen LogP contribution in [0.1, 0.15) is 29.2 Å². The van der Waals surface area contributed by atoms with Gasteiger partial charge in [0.25, 0.3) is 5.91 Å². The summed E-state index contributed by atoms with van der Waals surface area (Å²) in [6.45, 7) is -2.95. The summed E-state index contributed by atoms with van der Waals surface area (Å²) in [5, 5.41) is 12.7. The maximum Gasteiger partial charge on any atom is 0.387 e. The molecule has 2 heterocycles. The SMILES string of the molecule is O=C(CSc1nnc(-c2c[nH]c3ccccc23)n1C1CC1)NC(=O)c1ccc(OC(F)F)cc1. The molecule has 34 heavy (non-hydrogen) atoms. The van der Waals surface area contributed by atoms with Gasteiger partial charge in [0.15, 0.2) is 11.0 Å². The lowest BCUT2D eigenvalue weighted by Gasteiger charge is -2.09. The van der Waals surface area contributed by atoms with Crippen molar-refractivity contribution in [2.24, 2.45) is 0 Å². The average molecular weight is 484 g/mol. The van der Waals surface area contributed by atoms with Crippen molar-refractivity contribution < 1.29 is 23.1 Å². The number of carbonyl (C=O) groups is 2. The van der Waals surface area contributed by atoms with Crippen LogP contribution in [-0.2, 0) is 4.79 Å². The number of nitrogens with zero attached hydrogens (tertiary/aromatic N) is 3. The molecule has 1 aliphatic carbocycles. The Morgan fingerprint density at radius 1 is 1.15 bits per heavy atom. The maximum atomic E-state index is 12.4. The summed E-state index contributed by atoms with van der Waals surface area (Å²) in [6.07, 6.45) is 3.93. The van der Waals surface area contributed by atoms with E-state index in [-0.39, 0.29) is 23.1 Å². The predicted octanol–water partition coefficient (Wildman–Crippen LogP) is 4.41. The second-order valence-electron chi connectivity index (χ2n) is 7.72. The fourth-order valence-corrected chi connectivity index (χ4v) is 4.44. The van der Waals surface area contributed by atoms with E-state index in [9.17, 15) is 18.4 Å². The summed E-state index contributed by atoms with van der Waals surface area (Å²) in [5.74, 6) is -0.486. The van der Waals surface area contributed by atoms with E-state index in [1.807, 2.05) is 30.5 Å². The molecule has 1 aliphatic rings. The van der Waals surface area contributed by atoms with E-state index in [1.54, 1.807) is 0 Å². The van der Waals surface area contributed by atoms with Gasteiger partial charge in [-0.1, -0.05) is 30.0 Å². The molecule has 174 valence electrons. The third-order valence-electron chi connectivity index (χ3n) is 5.33. The summed E-state index contributed by atoms with van der Waals surface area (Å²) in [4.78, 5) is 27.9. The van der Waals surface area contributed by atoms with Gasteiger partial charge < -0.3 is 9.72 Å². The number of ether oxygens (including phenoxy) is 1. The minimum absolute atomic E-state index is 0.0307. The molecule has 2 aromatic carbocycles. The molecule has 0 bridgehead atoms. The van der Waals surface area contributed by atoms with Crippen molar-refractivity contribution >= 4 is 34.5 Å². The summed E-state index contributed by atoms with van der Waals surface area (Å²) >= 11 is 1.20. The summed E-state index contributed by atoms with van der Waals surface area (Å²) < 4.78 is 30.8. The normalized spacial score (nSPS) is 13.4. The molecule has 4 aromatic rings. The molecule has 0 saturated heterocycles. The molecule has 0 spiro atoms. The molecule has 8 nitrogen and oxygen atoms in total. The van der Waals surface area contributed by atoms with Crippen molar-refractivity contribution in [3.05, 3.63) is 60.3 Å². The van der Waals surface area contributed by atoms with Crippen molar-refractivity contribution in [1.29, 1.82) is 0 Å². The van der Waals surface area contributed by atoms with E-state index in [0.29, 0.717) is 5.16 Å². The lowest BCUT2D eigenvalue weighted by molar-refractivity contribution is -0.117. The number of halogens is 2. The molecular formula is C23H19F2N5O3S. The maximum absolute atomic E-state index is 12.4. The van der Waals surface area contributed by atoms with Gasteiger partial charge in [0.05, 0.1) is 5.75 Å². The number of nitrogens with one attached hydrogen (secondary N) is 2. The fraction of sp³-hybridized carbons (Fsp3) is 0.217. The molecule has 1 saturated carbocycles. The predicted molar refractivity (Wildman–Crippen MR) is 122 cm³/mol. The Morgan fingerprint density at radius 3 is 2.65 bits per heavy atom. The Kier molecular flexibility index (Phi) is 6.01. The molecular weight excluding hydrogens is 464 g/mol. The number of benzene rings is 2. The van der Waals surface area contributed by atoms with E-state index < -0.39 is 18.4 Å². The molecule has 11 heteroatoms. The summed E-state index contributed by atoms with van der Waals surface area (Å²) in [7, 11) is 0. The Bertz CT molecular complexity index is 1350. The largest absolute Gasteiger partial charge is 0.435 e. The number of alkyl halides is 2. The number of hydrogen-bond acceptors (Lipinski definition) is 6.